The highest BCUT2D eigenvalue weighted by molar-refractivity contribution is 5.84. The Morgan fingerprint density at radius 3 is 2.29 bits per heavy atom. The third kappa shape index (κ3) is 2.16. The van der Waals surface area contributed by atoms with Crippen LogP contribution in [0.2, 0.25) is 0 Å². The fourth-order valence-corrected chi connectivity index (χ4v) is 6.76. The molecule has 1 saturated heterocycles. The zero-order valence-corrected chi connectivity index (χ0v) is 14.2. The maximum atomic E-state index is 14.3. The van der Waals surface area contributed by atoms with Crippen molar-refractivity contribution < 1.29 is 9.18 Å². The van der Waals surface area contributed by atoms with Gasteiger partial charge in [-0.05, 0) is 75.2 Å². The zero-order chi connectivity index (χ0) is 16.3. The third-order valence-electron chi connectivity index (χ3n) is 7.27. The second-order valence-corrected chi connectivity index (χ2v) is 8.88. The second-order valence-electron chi connectivity index (χ2n) is 8.88. The van der Waals surface area contributed by atoms with Crippen LogP contribution in [0, 0.1) is 29.0 Å². The normalized spacial score (nSPS) is 40.3. The number of nitrogens with zero attached hydrogens (tertiary/aromatic N) is 1. The summed E-state index contributed by atoms with van der Waals surface area (Å²) >= 11 is 0. The Labute approximate surface area is 143 Å². The fourth-order valence-electron chi connectivity index (χ4n) is 6.76. The Morgan fingerprint density at radius 1 is 1.04 bits per heavy atom. The maximum Gasteiger partial charge on any atom is 0.229 e. The summed E-state index contributed by atoms with van der Waals surface area (Å²) in [4.78, 5) is 15.6. The average molecular weight is 327 g/mol. The molecule has 1 aromatic rings. The van der Waals surface area contributed by atoms with Crippen molar-refractivity contribution in [3.05, 3.63) is 35.6 Å². The first-order valence-corrected chi connectivity index (χ1v) is 9.70. The first-order valence-electron chi connectivity index (χ1n) is 9.70. The molecule has 0 aromatic heterocycles. The monoisotopic (exact) mass is 327 g/mol. The van der Waals surface area contributed by atoms with Crippen molar-refractivity contribution in [1.29, 1.82) is 0 Å². The highest BCUT2D eigenvalue weighted by Gasteiger charge is 2.56. The van der Waals surface area contributed by atoms with E-state index in [0.717, 1.165) is 56.4 Å². The highest BCUT2D eigenvalue weighted by Crippen LogP contribution is 2.61. The average Bonchev–Trinajstić information content (AvgIpc) is 3.02. The number of hydrogen-bond acceptors (Lipinski definition) is 1. The van der Waals surface area contributed by atoms with Gasteiger partial charge in [0.1, 0.15) is 5.82 Å². The van der Waals surface area contributed by atoms with Gasteiger partial charge in [-0.15, -0.1) is 0 Å². The molecule has 1 atom stereocenters. The van der Waals surface area contributed by atoms with Crippen LogP contribution in [0.4, 0.5) is 4.39 Å². The van der Waals surface area contributed by atoms with Crippen LogP contribution < -0.4 is 0 Å². The molecular formula is C21H26FNO. The van der Waals surface area contributed by atoms with Crippen LogP contribution in [-0.2, 0) is 4.79 Å². The molecule has 0 radical (unpaired) electrons. The third-order valence-corrected chi connectivity index (χ3v) is 7.27. The summed E-state index contributed by atoms with van der Waals surface area (Å²) in [5.74, 6) is 2.51. The smallest absolute Gasteiger partial charge is 0.229 e. The summed E-state index contributed by atoms with van der Waals surface area (Å²) in [5.41, 5.74) is 0.607. The number of likely N-dealkylation sites (tertiary alicyclic amines) is 1. The predicted octanol–water partition coefficient (Wildman–Crippen LogP) is 4.71. The fraction of sp³-hybridized carbons (Fsp3) is 0.667. The molecule has 1 aliphatic heterocycles. The van der Waals surface area contributed by atoms with Gasteiger partial charge in [-0.2, -0.15) is 0 Å². The highest BCUT2D eigenvalue weighted by atomic mass is 19.1. The van der Waals surface area contributed by atoms with E-state index in [0.29, 0.717) is 11.5 Å². The SMILES string of the molecule is O=C(N1CCCC1c1ccccc1F)C12CC3CC(CC(C3)C1)C2. The molecule has 4 bridgehead atoms. The quantitative estimate of drug-likeness (QED) is 0.770. The van der Waals surface area contributed by atoms with Gasteiger partial charge < -0.3 is 4.90 Å². The van der Waals surface area contributed by atoms with Gasteiger partial charge in [-0.1, -0.05) is 18.2 Å². The Hall–Kier alpha value is -1.38. The van der Waals surface area contributed by atoms with Crippen LogP contribution in [0.3, 0.4) is 0 Å². The van der Waals surface area contributed by atoms with Crippen LogP contribution in [-0.4, -0.2) is 17.4 Å². The van der Waals surface area contributed by atoms with Crippen molar-refractivity contribution in [2.24, 2.45) is 23.2 Å². The predicted molar refractivity (Wildman–Crippen MR) is 90.7 cm³/mol. The summed E-state index contributed by atoms with van der Waals surface area (Å²) in [6.07, 6.45) is 9.24. The number of carbonyl (C=O) groups is 1. The minimum atomic E-state index is -0.160. The van der Waals surface area contributed by atoms with E-state index in [1.54, 1.807) is 6.07 Å². The molecule has 1 aromatic carbocycles. The molecule has 1 heterocycles. The van der Waals surface area contributed by atoms with Gasteiger partial charge in [-0.25, -0.2) is 4.39 Å². The first-order chi connectivity index (χ1) is 11.6. The Kier molecular flexibility index (Phi) is 3.30. The number of hydrogen-bond donors (Lipinski definition) is 0. The van der Waals surface area contributed by atoms with E-state index < -0.39 is 0 Å². The Bertz CT molecular complexity index is 634. The van der Waals surface area contributed by atoms with Crippen LogP contribution >= 0.6 is 0 Å². The number of carbonyl (C=O) groups excluding carboxylic acids is 1. The van der Waals surface area contributed by atoms with E-state index >= 15 is 0 Å². The van der Waals surface area contributed by atoms with Crippen molar-refractivity contribution in [3.63, 3.8) is 0 Å². The molecular weight excluding hydrogens is 301 g/mol. The van der Waals surface area contributed by atoms with E-state index in [9.17, 15) is 9.18 Å². The molecule has 128 valence electrons. The number of halogens is 1. The number of amides is 1. The zero-order valence-electron chi connectivity index (χ0n) is 14.2. The number of benzene rings is 1. The number of rotatable bonds is 2. The van der Waals surface area contributed by atoms with Gasteiger partial charge >= 0.3 is 0 Å². The van der Waals surface area contributed by atoms with Gasteiger partial charge in [0.05, 0.1) is 11.5 Å². The van der Waals surface area contributed by atoms with Gasteiger partial charge in [0.15, 0.2) is 0 Å². The van der Waals surface area contributed by atoms with Crippen LogP contribution in [0.1, 0.15) is 63.0 Å². The van der Waals surface area contributed by atoms with Gasteiger partial charge in [0.2, 0.25) is 5.91 Å². The molecule has 0 N–H and O–H groups in total. The standard InChI is InChI=1S/C21H26FNO/c22-18-5-2-1-4-17(18)19-6-3-7-23(19)20(24)21-11-14-8-15(12-21)10-16(9-14)13-21/h1-2,4-5,14-16,19H,3,6-13H2. The lowest BCUT2D eigenvalue weighted by Gasteiger charge is -2.56. The molecule has 5 aliphatic rings. The van der Waals surface area contributed by atoms with Crippen molar-refractivity contribution in [1.82, 2.24) is 4.90 Å². The molecule has 4 aliphatic carbocycles. The minimum absolute atomic E-state index is 0.0493. The van der Waals surface area contributed by atoms with Gasteiger partial charge in [-0.3, -0.25) is 4.79 Å². The van der Waals surface area contributed by atoms with Gasteiger partial charge in [0, 0.05) is 12.1 Å². The Balaban J connectivity index is 1.45. The van der Waals surface area contributed by atoms with E-state index in [1.807, 2.05) is 17.0 Å². The van der Waals surface area contributed by atoms with E-state index in [1.165, 1.54) is 25.3 Å². The van der Waals surface area contributed by atoms with Gasteiger partial charge in [0.25, 0.3) is 0 Å². The molecule has 1 amide bonds. The lowest BCUT2D eigenvalue weighted by atomic mass is 9.49. The lowest BCUT2D eigenvalue weighted by molar-refractivity contribution is -0.158. The molecule has 0 spiro atoms. The molecule has 2 nitrogen and oxygen atoms in total. The van der Waals surface area contributed by atoms with E-state index in [2.05, 4.69) is 0 Å². The summed E-state index contributed by atoms with van der Waals surface area (Å²) in [7, 11) is 0. The lowest BCUT2D eigenvalue weighted by Crippen LogP contribution is -2.54. The van der Waals surface area contributed by atoms with Crippen LogP contribution in [0.15, 0.2) is 24.3 Å². The molecule has 4 saturated carbocycles. The minimum Gasteiger partial charge on any atom is -0.335 e. The topological polar surface area (TPSA) is 20.3 Å². The van der Waals surface area contributed by atoms with Crippen molar-refractivity contribution in [3.8, 4) is 0 Å². The molecule has 3 heteroatoms. The summed E-state index contributed by atoms with van der Waals surface area (Å²) in [6.45, 7) is 0.805. The molecule has 24 heavy (non-hydrogen) atoms. The van der Waals surface area contributed by atoms with Crippen LogP contribution in [0.5, 0.6) is 0 Å². The summed E-state index contributed by atoms with van der Waals surface area (Å²) < 4.78 is 14.3. The van der Waals surface area contributed by atoms with Crippen molar-refractivity contribution >= 4 is 5.91 Å². The second kappa shape index (κ2) is 5.31. The maximum absolute atomic E-state index is 14.3. The van der Waals surface area contributed by atoms with Crippen molar-refractivity contribution in [2.45, 2.75) is 57.4 Å². The first kappa shape index (κ1) is 14.9. The van der Waals surface area contributed by atoms with Crippen LogP contribution in [0.25, 0.3) is 0 Å². The van der Waals surface area contributed by atoms with E-state index in [4.69, 9.17) is 0 Å². The molecule has 5 fully saturated rings. The Morgan fingerprint density at radius 2 is 1.67 bits per heavy atom. The van der Waals surface area contributed by atoms with Crippen molar-refractivity contribution in [2.75, 3.05) is 6.54 Å². The largest absolute Gasteiger partial charge is 0.335 e. The summed E-state index contributed by atoms with van der Waals surface area (Å²) in [5, 5.41) is 0. The molecule has 1 unspecified atom stereocenters. The molecule has 6 rings (SSSR count). The van der Waals surface area contributed by atoms with E-state index in [-0.39, 0.29) is 17.3 Å². The summed E-state index contributed by atoms with van der Waals surface area (Å²) in [6, 6.07) is 6.97.